The van der Waals surface area contributed by atoms with Crippen LogP contribution < -0.4 is 14.4 Å². The number of piperazine rings is 1. The van der Waals surface area contributed by atoms with Crippen LogP contribution in [0.1, 0.15) is 24.0 Å². The van der Waals surface area contributed by atoms with Crippen molar-refractivity contribution in [2.75, 3.05) is 50.8 Å². The number of unbranched alkanes of at least 4 members (excludes halogenated alkanes) is 1. The quantitative estimate of drug-likeness (QED) is 0.654. The van der Waals surface area contributed by atoms with Gasteiger partial charge in [-0.15, -0.1) is 0 Å². The molecule has 0 unspecified atom stereocenters. The maximum atomic E-state index is 12.5. The molecule has 2 heterocycles. The number of rotatable bonds is 8. The smallest absolute Gasteiger partial charge is 0.240 e. The van der Waals surface area contributed by atoms with Crippen LogP contribution in [0.3, 0.4) is 0 Å². The van der Waals surface area contributed by atoms with Crippen LogP contribution in [-0.2, 0) is 16.4 Å². The fourth-order valence-corrected chi connectivity index (χ4v) is 5.26. The number of sulfonamides is 1. The monoisotopic (exact) mass is 429 g/mol. The Labute approximate surface area is 179 Å². The van der Waals surface area contributed by atoms with Crippen LogP contribution in [0.15, 0.2) is 47.4 Å². The molecule has 4 rings (SSSR count). The molecule has 1 N–H and O–H groups in total. The Morgan fingerprint density at radius 2 is 1.87 bits per heavy atom. The molecule has 7 heteroatoms. The summed E-state index contributed by atoms with van der Waals surface area (Å²) >= 11 is 0. The summed E-state index contributed by atoms with van der Waals surface area (Å²) in [5.41, 5.74) is 3.58. The van der Waals surface area contributed by atoms with Gasteiger partial charge in [0.05, 0.1) is 11.5 Å². The maximum Gasteiger partial charge on any atom is 0.240 e. The van der Waals surface area contributed by atoms with E-state index in [1.54, 1.807) is 18.2 Å². The van der Waals surface area contributed by atoms with E-state index >= 15 is 0 Å². The van der Waals surface area contributed by atoms with Crippen molar-refractivity contribution in [3.05, 3.63) is 53.6 Å². The summed E-state index contributed by atoms with van der Waals surface area (Å²) in [4.78, 5) is 5.25. The molecule has 6 nitrogen and oxygen atoms in total. The molecule has 2 aliphatic rings. The van der Waals surface area contributed by atoms with Crippen molar-refractivity contribution in [1.82, 2.24) is 9.62 Å². The predicted octanol–water partition coefficient (Wildman–Crippen LogP) is 2.81. The first-order valence-corrected chi connectivity index (χ1v) is 12.3. The van der Waals surface area contributed by atoms with Crippen LogP contribution in [0.4, 0.5) is 5.69 Å². The van der Waals surface area contributed by atoms with Crippen LogP contribution in [0.25, 0.3) is 0 Å². The van der Waals surface area contributed by atoms with Crippen molar-refractivity contribution >= 4 is 15.7 Å². The van der Waals surface area contributed by atoms with Crippen LogP contribution in [0.2, 0.25) is 0 Å². The highest BCUT2D eigenvalue weighted by atomic mass is 32.2. The third-order valence-electron chi connectivity index (χ3n) is 5.90. The highest BCUT2D eigenvalue weighted by Crippen LogP contribution is 2.27. The number of nitrogens with one attached hydrogen (secondary N) is 1. The molecule has 0 aromatic heterocycles. The predicted molar refractivity (Wildman–Crippen MR) is 120 cm³/mol. The molecule has 0 bridgehead atoms. The second kappa shape index (κ2) is 9.37. The molecule has 0 atom stereocenters. The molecular weight excluding hydrogens is 398 g/mol. The molecule has 0 aliphatic carbocycles. The van der Waals surface area contributed by atoms with Crippen molar-refractivity contribution in [3.8, 4) is 5.75 Å². The zero-order valence-corrected chi connectivity index (χ0v) is 18.5. The zero-order valence-electron chi connectivity index (χ0n) is 17.6. The van der Waals surface area contributed by atoms with Gasteiger partial charge in [-0.1, -0.05) is 12.1 Å². The molecule has 2 aromatic rings. The number of hydrogen-bond donors (Lipinski definition) is 1. The Morgan fingerprint density at radius 1 is 1.03 bits per heavy atom. The number of hydrogen-bond acceptors (Lipinski definition) is 5. The molecule has 0 spiro atoms. The Hall–Kier alpha value is -2.09. The molecule has 30 heavy (non-hydrogen) atoms. The SMILES string of the molecule is Cc1cccc(N2CCN(CCCCNS(=O)(=O)c3ccc4c(c3)CCO4)CC2)c1. The van der Waals surface area contributed by atoms with Gasteiger partial charge in [0.2, 0.25) is 10.0 Å². The lowest BCUT2D eigenvalue weighted by molar-refractivity contribution is 0.253. The first-order valence-electron chi connectivity index (χ1n) is 10.8. The average molecular weight is 430 g/mol. The fourth-order valence-electron chi connectivity index (χ4n) is 4.13. The van der Waals surface area contributed by atoms with E-state index in [0.717, 1.165) is 63.3 Å². The van der Waals surface area contributed by atoms with Gasteiger partial charge in [0.25, 0.3) is 0 Å². The summed E-state index contributed by atoms with van der Waals surface area (Å²) in [7, 11) is -3.45. The molecule has 162 valence electrons. The topological polar surface area (TPSA) is 61.9 Å². The van der Waals surface area contributed by atoms with Gasteiger partial charge in [-0.2, -0.15) is 0 Å². The van der Waals surface area contributed by atoms with Gasteiger partial charge in [0.15, 0.2) is 0 Å². The van der Waals surface area contributed by atoms with Gasteiger partial charge in [-0.3, -0.25) is 4.90 Å². The number of benzene rings is 2. The van der Waals surface area contributed by atoms with E-state index in [9.17, 15) is 8.42 Å². The minimum absolute atomic E-state index is 0.332. The first kappa shape index (κ1) is 21.2. The minimum Gasteiger partial charge on any atom is -0.493 e. The Morgan fingerprint density at radius 3 is 2.67 bits per heavy atom. The summed E-state index contributed by atoms with van der Waals surface area (Å²) in [6.07, 6.45) is 2.60. The highest BCUT2D eigenvalue weighted by Gasteiger charge is 2.19. The normalized spacial score (nSPS) is 17.0. The van der Waals surface area contributed by atoms with E-state index in [1.165, 1.54) is 11.3 Å². The highest BCUT2D eigenvalue weighted by molar-refractivity contribution is 7.89. The number of aryl methyl sites for hydroxylation is 1. The van der Waals surface area contributed by atoms with Gasteiger partial charge in [-0.05, 0) is 67.8 Å². The lowest BCUT2D eigenvalue weighted by atomic mass is 10.2. The molecule has 0 radical (unpaired) electrons. The zero-order chi connectivity index (χ0) is 21.0. The maximum absolute atomic E-state index is 12.5. The standard InChI is InChI=1S/C23H31N3O3S/c1-19-5-4-6-21(17-19)26-14-12-25(13-15-26)11-3-2-10-24-30(27,28)22-7-8-23-20(18-22)9-16-29-23/h4-8,17-18,24H,2-3,9-16H2,1H3. The minimum atomic E-state index is -3.45. The molecule has 0 amide bonds. The lowest BCUT2D eigenvalue weighted by Gasteiger charge is -2.36. The number of ether oxygens (including phenoxy) is 1. The molecular formula is C23H31N3O3S. The van der Waals surface area contributed by atoms with Crippen molar-refractivity contribution in [3.63, 3.8) is 0 Å². The fraction of sp³-hybridized carbons (Fsp3) is 0.478. The van der Waals surface area contributed by atoms with Gasteiger partial charge >= 0.3 is 0 Å². The van der Waals surface area contributed by atoms with E-state index < -0.39 is 10.0 Å². The third kappa shape index (κ3) is 5.14. The summed E-state index contributed by atoms with van der Waals surface area (Å²) in [5, 5.41) is 0. The summed E-state index contributed by atoms with van der Waals surface area (Å²) < 4.78 is 33.2. The van der Waals surface area contributed by atoms with Crippen molar-refractivity contribution in [2.45, 2.75) is 31.1 Å². The second-order valence-electron chi connectivity index (χ2n) is 8.14. The second-order valence-corrected chi connectivity index (χ2v) is 9.91. The van der Waals surface area contributed by atoms with E-state index in [4.69, 9.17) is 4.74 Å². The Kier molecular flexibility index (Phi) is 6.61. The first-order chi connectivity index (χ1) is 14.5. The molecule has 1 saturated heterocycles. The van der Waals surface area contributed by atoms with Crippen molar-refractivity contribution in [1.29, 1.82) is 0 Å². The van der Waals surface area contributed by atoms with Gasteiger partial charge in [-0.25, -0.2) is 13.1 Å². The number of fused-ring (bicyclic) bond motifs is 1. The summed E-state index contributed by atoms with van der Waals surface area (Å²) in [6.45, 7) is 8.43. The van der Waals surface area contributed by atoms with Crippen LogP contribution in [0, 0.1) is 6.92 Å². The van der Waals surface area contributed by atoms with Crippen molar-refractivity contribution in [2.24, 2.45) is 0 Å². The Bertz CT molecular complexity index is 969. The Balaban J connectivity index is 1.16. The largest absolute Gasteiger partial charge is 0.493 e. The van der Waals surface area contributed by atoms with Gasteiger partial charge in [0.1, 0.15) is 5.75 Å². The number of anilines is 1. The number of nitrogens with zero attached hydrogens (tertiary/aromatic N) is 2. The summed E-state index contributed by atoms with van der Waals surface area (Å²) in [5.74, 6) is 0.802. The van der Waals surface area contributed by atoms with E-state index in [2.05, 4.69) is 45.7 Å². The van der Waals surface area contributed by atoms with E-state index in [0.29, 0.717) is 18.0 Å². The summed E-state index contributed by atoms with van der Waals surface area (Å²) in [6, 6.07) is 13.8. The van der Waals surface area contributed by atoms with Crippen LogP contribution in [0.5, 0.6) is 5.75 Å². The molecule has 1 fully saturated rings. The molecule has 2 aliphatic heterocycles. The van der Waals surface area contributed by atoms with E-state index in [-0.39, 0.29) is 0 Å². The van der Waals surface area contributed by atoms with E-state index in [1.807, 2.05) is 0 Å². The van der Waals surface area contributed by atoms with Crippen LogP contribution in [-0.4, -0.2) is 59.2 Å². The average Bonchev–Trinajstić information content (AvgIpc) is 3.22. The van der Waals surface area contributed by atoms with Gasteiger partial charge in [0, 0.05) is 44.8 Å². The molecule has 2 aromatic carbocycles. The lowest BCUT2D eigenvalue weighted by Crippen LogP contribution is -2.46. The molecule has 0 saturated carbocycles. The van der Waals surface area contributed by atoms with Crippen molar-refractivity contribution < 1.29 is 13.2 Å². The van der Waals surface area contributed by atoms with Crippen LogP contribution >= 0.6 is 0 Å². The van der Waals surface area contributed by atoms with Gasteiger partial charge < -0.3 is 9.64 Å². The third-order valence-corrected chi connectivity index (χ3v) is 7.36.